The van der Waals surface area contributed by atoms with Crippen molar-refractivity contribution in [3.63, 3.8) is 0 Å². The number of aromatic nitrogens is 2. The van der Waals surface area contributed by atoms with Crippen LogP contribution in [0.3, 0.4) is 0 Å². The minimum absolute atomic E-state index is 0.00546. The molecule has 3 aromatic rings. The van der Waals surface area contributed by atoms with E-state index >= 15 is 0 Å². The lowest BCUT2D eigenvalue weighted by molar-refractivity contribution is 0.0599. The van der Waals surface area contributed by atoms with Gasteiger partial charge in [0, 0.05) is 6.20 Å². The van der Waals surface area contributed by atoms with E-state index < -0.39 is 5.97 Å². The second-order valence-electron chi connectivity index (χ2n) is 3.71. The Morgan fingerprint density at radius 3 is 3.06 bits per heavy atom. The quantitative estimate of drug-likeness (QED) is 0.678. The molecule has 0 aliphatic rings. The summed E-state index contributed by atoms with van der Waals surface area (Å²) in [4.78, 5) is 30.9. The highest BCUT2D eigenvalue weighted by Crippen LogP contribution is 2.24. The van der Waals surface area contributed by atoms with Crippen LogP contribution >= 0.6 is 11.3 Å². The summed E-state index contributed by atoms with van der Waals surface area (Å²) in [6, 6.07) is 3.61. The Morgan fingerprint density at radius 1 is 1.44 bits per heavy atom. The van der Waals surface area contributed by atoms with Crippen LogP contribution in [-0.2, 0) is 4.74 Å². The van der Waals surface area contributed by atoms with Gasteiger partial charge in [-0.2, -0.15) is 0 Å². The number of ether oxygens (including phenoxy) is 1. The summed E-state index contributed by atoms with van der Waals surface area (Å²) in [5.74, 6) is -0.639. The lowest BCUT2D eigenvalue weighted by Crippen LogP contribution is -2.17. The fourth-order valence-electron chi connectivity index (χ4n) is 1.89. The van der Waals surface area contributed by atoms with E-state index in [1.807, 2.05) is 6.07 Å². The topological polar surface area (TPSA) is 72.1 Å². The molecule has 6 heteroatoms. The molecule has 18 heavy (non-hydrogen) atoms. The van der Waals surface area contributed by atoms with Crippen molar-refractivity contribution in [1.29, 1.82) is 0 Å². The summed E-state index contributed by atoms with van der Waals surface area (Å²) in [6.45, 7) is 0. The van der Waals surface area contributed by atoms with Crippen LogP contribution in [-0.4, -0.2) is 23.0 Å². The van der Waals surface area contributed by atoms with Crippen molar-refractivity contribution >= 4 is 38.4 Å². The Hall–Kier alpha value is -2.21. The van der Waals surface area contributed by atoms with Gasteiger partial charge in [-0.1, -0.05) is 0 Å². The highest BCUT2D eigenvalue weighted by Gasteiger charge is 2.15. The van der Waals surface area contributed by atoms with Gasteiger partial charge in [-0.15, -0.1) is 11.3 Å². The molecular formula is C12H8N2O3S. The largest absolute Gasteiger partial charge is 0.465 e. The van der Waals surface area contributed by atoms with Crippen LogP contribution in [0.5, 0.6) is 0 Å². The van der Waals surface area contributed by atoms with E-state index in [1.54, 1.807) is 11.6 Å². The van der Waals surface area contributed by atoms with Crippen molar-refractivity contribution in [2.24, 2.45) is 0 Å². The molecule has 0 unspecified atom stereocenters. The number of hydrogen-bond acceptors (Lipinski definition) is 5. The van der Waals surface area contributed by atoms with Crippen LogP contribution in [0.25, 0.3) is 21.1 Å². The Balaban J connectivity index is 2.49. The molecule has 0 saturated heterocycles. The van der Waals surface area contributed by atoms with Crippen molar-refractivity contribution in [3.8, 4) is 0 Å². The van der Waals surface area contributed by atoms with E-state index in [4.69, 9.17) is 0 Å². The fourth-order valence-corrected chi connectivity index (χ4v) is 2.72. The van der Waals surface area contributed by atoms with Gasteiger partial charge in [-0.05, 0) is 12.1 Å². The van der Waals surface area contributed by atoms with Crippen molar-refractivity contribution in [3.05, 3.63) is 39.6 Å². The number of rotatable bonds is 1. The number of fused-ring (bicyclic) bond motifs is 3. The SMILES string of the molecule is COC(=O)c1c[nH]c2ccc3ncsc3c2c1=O. The molecule has 0 aliphatic carbocycles. The van der Waals surface area contributed by atoms with Crippen LogP contribution in [0.4, 0.5) is 0 Å². The molecule has 0 saturated carbocycles. The van der Waals surface area contributed by atoms with Crippen LogP contribution in [0, 0.1) is 0 Å². The van der Waals surface area contributed by atoms with Gasteiger partial charge >= 0.3 is 5.97 Å². The fraction of sp³-hybridized carbons (Fsp3) is 0.0833. The van der Waals surface area contributed by atoms with Crippen LogP contribution in [0.1, 0.15) is 10.4 Å². The summed E-state index contributed by atoms with van der Waals surface area (Å²) in [6.07, 6.45) is 1.38. The molecule has 0 radical (unpaired) electrons. The van der Waals surface area contributed by atoms with Gasteiger partial charge in [0.25, 0.3) is 0 Å². The number of thiazole rings is 1. The standard InChI is InChI=1S/C12H8N2O3S/c1-17-12(16)6-4-13-7-2-3-8-11(18-5-14-8)9(7)10(6)15/h2-5H,1H3,(H,13,15). The number of carbonyl (C=O) groups is 1. The van der Waals surface area contributed by atoms with Crippen molar-refractivity contribution < 1.29 is 9.53 Å². The second kappa shape index (κ2) is 3.92. The maximum atomic E-state index is 12.3. The summed E-state index contributed by atoms with van der Waals surface area (Å²) in [5.41, 5.74) is 2.79. The number of hydrogen-bond donors (Lipinski definition) is 1. The van der Waals surface area contributed by atoms with Gasteiger partial charge in [0.05, 0.1) is 33.7 Å². The normalized spacial score (nSPS) is 10.9. The minimum Gasteiger partial charge on any atom is -0.465 e. The first-order valence-corrected chi connectivity index (χ1v) is 6.06. The van der Waals surface area contributed by atoms with Crippen LogP contribution in [0.2, 0.25) is 0 Å². The molecule has 0 aliphatic heterocycles. The van der Waals surface area contributed by atoms with Gasteiger partial charge in [-0.3, -0.25) is 4.79 Å². The highest BCUT2D eigenvalue weighted by molar-refractivity contribution is 7.17. The number of nitrogens with zero attached hydrogens (tertiary/aromatic N) is 1. The molecule has 3 rings (SSSR count). The molecule has 2 heterocycles. The minimum atomic E-state index is -0.639. The Morgan fingerprint density at radius 2 is 2.28 bits per heavy atom. The maximum Gasteiger partial charge on any atom is 0.343 e. The van der Waals surface area contributed by atoms with Gasteiger partial charge in [0.2, 0.25) is 5.43 Å². The third kappa shape index (κ3) is 1.42. The Labute approximate surface area is 105 Å². The van der Waals surface area contributed by atoms with E-state index in [-0.39, 0.29) is 11.0 Å². The number of benzene rings is 1. The van der Waals surface area contributed by atoms with E-state index in [0.717, 1.165) is 10.2 Å². The van der Waals surface area contributed by atoms with E-state index in [1.165, 1.54) is 24.6 Å². The Kier molecular flexibility index (Phi) is 2.38. The summed E-state index contributed by atoms with van der Waals surface area (Å²) in [5, 5.41) is 0.484. The smallest absolute Gasteiger partial charge is 0.343 e. The number of aromatic amines is 1. The van der Waals surface area contributed by atoms with Crippen molar-refractivity contribution in [2.75, 3.05) is 7.11 Å². The lowest BCUT2D eigenvalue weighted by Gasteiger charge is -2.02. The molecule has 0 spiro atoms. The number of nitrogens with one attached hydrogen (secondary N) is 1. The predicted molar refractivity (Wildman–Crippen MR) is 69.1 cm³/mol. The van der Waals surface area contributed by atoms with Crippen molar-refractivity contribution in [2.45, 2.75) is 0 Å². The number of pyridine rings is 1. The zero-order valence-corrected chi connectivity index (χ0v) is 10.2. The number of methoxy groups -OCH3 is 1. The molecular weight excluding hydrogens is 252 g/mol. The molecule has 0 fully saturated rings. The molecule has 0 atom stereocenters. The Bertz CT molecular complexity index is 819. The first-order valence-electron chi connectivity index (χ1n) is 5.18. The van der Waals surface area contributed by atoms with E-state index in [0.29, 0.717) is 10.9 Å². The molecule has 0 bridgehead atoms. The first kappa shape index (κ1) is 10.9. The first-order chi connectivity index (χ1) is 8.72. The predicted octanol–water partition coefficient (Wildman–Crippen LogP) is 1.92. The third-order valence-corrected chi connectivity index (χ3v) is 3.61. The zero-order chi connectivity index (χ0) is 12.7. The summed E-state index contributed by atoms with van der Waals surface area (Å²) >= 11 is 1.38. The average Bonchev–Trinajstić information content (AvgIpc) is 2.86. The average molecular weight is 260 g/mol. The maximum absolute atomic E-state index is 12.3. The number of H-pyrrole nitrogens is 1. The molecule has 0 amide bonds. The zero-order valence-electron chi connectivity index (χ0n) is 9.39. The van der Waals surface area contributed by atoms with Crippen molar-refractivity contribution in [1.82, 2.24) is 9.97 Å². The van der Waals surface area contributed by atoms with E-state index in [9.17, 15) is 9.59 Å². The molecule has 2 aromatic heterocycles. The molecule has 90 valence electrons. The highest BCUT2D eigenvalue weighted by atomic mass is 32.1. The third-order valence-electron chi connectivity index (χ3n) is 2.75. The van der Waals surface area contributed by atoms with Gasteiger partial charge in [-0.25, -0.2) is 9.78 Å². The number of carbonyl (C=O) groups excluding carboxylic acids is 1. The molecule has 1 aromatic carbocycles. The molecule has 1 N–H and O–H groups in total. The van der Waals surface area contributed by atoms with Gasteiger partial charge in [0.1, 0.15) is 5.56 Å². The summed E-state index contributed by atoms with van der Waals surface area (Å²) in [7, 11) is 1.25. The van der Waals surface area contributed by atoms with E-state index in [2.05, 4.69) is 14.7 Å². The van der Waals surface area contributed by atoms with Gasteiger partial charge in [0.15, 0.2) is 0 Å². The van der Waals surface area contributed by atoms with Crippen LogP contribution in [0.15, 0.2) is 28.6 Å². The lowest BCUT2D eigenvalue weighted by atomic mass is 10.1. The van der Waals surface area contributed by atoms with Gasteiger partial charge < -0.3 is 9.72 Å². The summed E-state index contributed by atoms with van der Waals surface area (Å²) < 4.78 is 5.37. The number of esters is 1. The molecule has 5 nitrogen and oxygen atoms in total. The monoisotopic (exact) mass is 260 g/mol. The second-order valence-corrected chi connectivity index (χ2v) is 4.57. The van der Waals surface area contributed by atoms with Crippen LogP contribution < -0.4 is 5.43 Å².